The van der Waals surface area contributed by atoms with Gasteiger partial charge in [-0.2, -0.15) is 10.1 Å². The number of nitrogens with zero attached hydrogens (tertiary/aromatic N) is 6. The van der Waals surface area contributed by atoms with E-state index in [0.717, 1.165) is 11.3 Å². The Morgan fingerprint density at radius 2 is 1.85 bits per heavy atom. The van der Waals surface area contributed by atoms with Crippen LogP contribution in [0.2, 0.25) is 0 Å². The van der Waals surface area contributed by atoms with Gasteiger partial charge in [-0.3, -0.25) is 18.5 Å². The largest absolute Gasteiger partial charge is 0.332 e. The Kier molecular flexibility index (Phi) is 3.98. The number of rotatable bonds is 3. The SMILES string of the molecule is CCn1c(=O)c2c(nc3n2[C@H](C)C(C)=NN3Cc2ccccc2)n(C)c1=O. The van der Waals surface area contributed by atoms with Crippen LogP contribution in [0.25, 0.3) is 11.2 Å². The molecular weight excluding hydrogens is 344 g/mol. The smallest absolute Gasteiger partial charge is 0.294 e. The van der Waals surface area contributed by atoms with Crippen LogP contribution in [0.1, 0.15) is 32.4 Å². The maximum absolute atomic E-state index is 13.0. The van der Waals surface area contributed by atoms with Crippen molar-refractivity contribution in [2.24, 2.45) is 12.1 Å². The first-order valence-electron chi connectivity index (χ1n) is 9.02. The van der Waals surface area contributed by atoms with Crippen LogP contribution in [0.15, 0.2) is 45.0 Å². The topological polar surface area (TPSA) is 77.4 Å². The first-order chi connectivity index (χ1) is 12.9. The molecule has 1 aromatic carbocycles. The number of anilines is 1. The average Bonchev–Trinajstić information content (AvgIpc) is 3.07. The maximum atomic E-state index is 13.0. The Morgan fingerprint density at radius 1 is 1.15 bits per heavy atom. The van der Waals surface area contributed by atoms with Crippen LogP contribution in [0, 0.1) is 0 Å². The van der Waals surface area contributed by atoms with Crippen molar-refractivity contribution in [1.29, 1.82) is 0 Å². The number of fused-ring (bicyclic) bond motifs is 3. The van der Waals surface area contributed by atoms with Crippen LogP contribution < -0.4 is 16.3 Å². The zero-order valence-corrected chi connectivity index (χ0v) is 15.9. The normalized spacial score (nSPS) is 16.5. The van der Waals surface area contributed by atoms with E-state index < -0.39 is 0 Å². The fraction of sp³-hybridized carbons (Fsp3) is 0.368. The number of hydrogen-bond acceptors (Lipinski definition) is 5. The molecule has 0 fully saturated rings. The van der Waals surface area contributed by atoms with E-state index in [4.69, 9.17) is 0 Å². The molecule has 0 spiro atoms. The molecule has 0 radical (unpaired) electrons. The van der Waals surface area contributed by atoms with E-state index in [0.29, 0.717) is 30.2 Å². The van der Waals surface area contributed by atoms with E-state index in [1.165, 1.54) is 9.13 Å². The molecule has 8 heteroatoms. The minimum Gasteiger partial charge on any atom is -0.294 e. The summed E-state index contributed by atoms with van der Waals surface area (Å²) in [5.41, 5.74) is 2.13. The first-order valence-corrected chi connectivity index (χ1v) is 9.02. The van der Waals surface area contributed by atoms with Crippen molar-refractivity contribution in [2.75, 3.05) is 5.01 Å². The molecule has 3 heterocycles. The number of hydrogen-bond donors (Lipinski definition) is 0. The number of hydrazone groups is 1. The van der Waals surface area contributed by atoms with Gasteiger partial charge in [0.15, 0.2) is 11.2 Å². The minimum absolute atomic E-state index is 0.118. The summed E-state index contributed by atoms with van der Waals surface area (Å²) >= 11 is 0. The van der Waals surface area contributed by atoms with Crippen LogP contribution in [0.3, 0.4) is 0 Å². The van der Waals surface area contributed by atoms with E-state index in [1.807, 2.05) is 48.7 Å². The van der Waals surface area contributed by atoms with Gasteiger partial charge >= 0.3 is 5.69 Å². The summed E-state index contributed by atoms with van der Waals surface area (Å²) in [6.45, 7) is 6.57. The van der Waals surface area contributed by atoms with E-state index in [-0.39, 0.29) is 17.3 Å². The lowest BCUT2D eigenvalue weighted by Crippen LogP contribution is -2.40. The third-order valence-corrected chi connectivity index (χ3v) is 5.15. The highest BCUT2D eigenvalue weighted by Gasteiger charge is 2.30. The molecule has 0 unspecified atom stereocenters. The van der Waals surface area contributed by atoms with Crippen LogP contribution >= 0.6 is 0 Å². The Bertz CT molecular complexity index is 1170. The second-order valence-electron chi connectivity index (χ2n) is 6.81. The minimum atomic E-state index is -0.356. The summed E-state index contributed by atoms with van der Waals surface area (Å²) in [7, 11) is 1.65. The van der Waals surface area contributed by atoms with E-state index >= 15 is 0 Å². The highest BCUT2D eigenvalue weighted by Crippen LogP contribution is 2.30. The Balaban J connectivity index is 1.99. The molecule has 0 saturated carbocycles. The summed E-state index contributed by atoms with van der Waals surface area (Å²) in [5.74, 6) is 0.577. The number of imidazole rings is 1. The molecule has 0 saturated heterocycles. The van der Waals surface area contributed by atoms with E-state index in [2.05, 4.69) is 10.1 Å². The van der Waals surface area contributed by atoms with Crippen molar-refractivity contribution in [3.8, 4) is 0 Å². The summed E-state index contributed by atoms with van der Waals surface area (Å²) in [6, 6.07) is 9.85. The summed E-state index contributed by atoms with van der Waals surface area (Å²) < 4.78 is 4.58. The van der Waals surface area contributed by atoms with Gasteiger partial charge in [0, 0.05) is 13.6 Å². The van der Waals surface area contributed by atoms with Crippen LogP contribution in [-0.4, -0.2) is 24.4 Å². The lowest BCUT2D eigenvalue weighted by molar-refractivity contribution is 0.618. The van der Waals surface area contributed by atoms with E-state index in [1.54, 1.807) is 19.0 Å². The molecule has 0 aliphatic carbocycles. The number of aromatic nitrogens is 4. The van der Waals surface area contributed by atoms with Crippen molar-refractivity contribution in [3.05, 3.63) is 56.7 Å². The van der Waals surface area contributed by atoms with Gasteiger partial charge in [0.1, 0.15) is 0 Å². The predicted octanol–water partition coefficient (Wildman–Crippen LogP) is 1.87. The van der Waals surface area contributed by atoms with E-state index in [9.17, 15) is 9.59 Å². The monoisotopic (exact) mass is 366 g/mol. The molecule has 0 bridgehead atoms. The second kappa shape index (κ2) is 6.22. The molecule has 0 amide bonds. The third kappa shape index (κ3) is 2.51. The molecular formula is C19H22N6O2. The van der Waals surface area contributed by atoms with Crippen molar-refractivity contribution in [2.45, 2.75) is 39.9 Å². The number of benzene rings is 1. The van der Waals surface area contributed by atoms with Crippen LogP contribution in [-0.2, 0) is 20.1 Å². The molecule has 1 aliphatic heterocycles. The number of aryl methyl sites for hydroxylation is 1. The average molecular weight is 366 g/mol. The van der Waals surface area contributed by atoms with Gasteiger partial charge < -0.3 is 0 Å². The second-order valence-corrected chi connectivity index (χ2v) is 6.81. The zero-order valence-electron chi connectivity index (χ0n) is 15.9. The van der Waals surface area contributed by atoms with Gasteiger partial charge in [0.2, 0.25) is 5.95 Å². The van der Waals surface area contributed by atoms with Crippen molar-refractivity contribution in [1.82, 2.24) is 18.7 Å². The van der Waals surface area contributed by atoms with Gasteiger partial charge in [0.25, 0.3) is 5.56 Å². The molecule has 4 rings (SSSR count). The molecule has 27 heavy (non-hydrogen) atoms. The molecule has 1 atom stereocenters. The quantitative estimate of drug-likeness (QED) is 0.709. The molecule has 8 nitrogen and oxygen atoms in total. The third-order valence-electron chi connectivity index (χ3n) is 5.15. The van der Waals surface area contributed by atoms with Crippen molar-refractivity contribution in [3.63, 3.8) is 0 Å². The van der Waals surface area contributed by atoms with Crippen molar-refractivity contribution >= 4 is 22.8 Å². The maximum Gasteiger partial charge on any atom is 0.332 e. The van der Waals surface area contributed by atoms with Crippen LogP contribution in [0.4, 0.5) is 5.95 Å². The Labute approximate surface area is 156 Å². The molecule has 2 aromatic heterocycles. The van der Waals surface area contributed by atoms with Crippen molar-refractivity contribution < 1.29 is 0 Å². The highest BCUT2D eigenvalue weighted by molar-refractivity contribution is 5.91. The van der Waals surface area contributed by atoms with Gasteiger partial charge in [-0.1, -0.05) is 30.3 Å². The summed E-state index contributed by atoms with van der Waals surface area (Å²) in [6.07, 6.45) is 0. The first kappa shape index (κ1) is 17.3. The Hall–Kier alpha value is -3.16. The summed E-state index contributed by atoms with van der Waals surface area (Å²) in [5, 5.41) is 6.49. The van der Waals surface area contributed by atoms with Crippen LogP contribution in [0.5, 0.6) is 0 Å². The van der Waals surface area contributed by atoms with Gasteiger partial charge in [-0.15, -0.1) is 0 Å². The predicted molar refractivity (Wildman–Crippen MR) is 105 cm³/mol. The Morgan fingerprint density at radius 3 is 2.52 bits per heavy atom. The van der Waals surface area contributed by atoms with Gasteiger partial charge in [0.05, 0.1) is 18.3 Å². The van der Waals surface area contributed by atoms with Gasteiger partial charge in [-0.25, -0.2) is 9.80 Å². The zero-order chi connectivity index (χ0) is 19.3. The molecule has 140 valence electrons. The standard InChI is InChI=1S/C19H22N6O2/c1-5-23-17(26)15-16(22(4)19(23)27)20-18-24(11-14-9-7-6-8-10-14)21-12(2)13(3)25(15)18/h6-10,13H,5,11H2,1-4H3/t13-/m1/s1. The van der Waals surface area contributed by atoms with Gasteiger partial charge in [-0.05, 0) is 26.3 Å². The lowest BCUT2D eigenvalue weighted by atomic mass is 10.2. The fourth-order valence-electron chi connectivity index (χ4n) is 3.52. The molecule has 1 aliphatic rings. The molecule has 3 aromatic rings. The highest BCUT2D eigenvalue weighted by atomic mass is 16.2. The summed E-state index contributed by atoms with van der Waals surface area (Å²) in [4.78, 5) is 30.2. The molecule has 0 N–H and O–H groups in total. The lowest BCUT2D eigenvalue weighted by Gasteiger charge is -2.29. The fourth-order valence-corrected chi connectivity index (χ4v) is 3.52.